The van der Waals surface area contributed by atoms with Gasteiger partial charge in [0, 0.05) is 13.2 Å². The highest BCUT2D eigenvalue weighted by Crippen LogP contribution is 2.30. The smallest absolute Gasteiger partial charge is 0.106 e. The van der Waals surface area contributed by atoms with E-state index >= 15 is 0 Å². The summed E-state index contributed by atoms with van der Waals surface area (Å²) in [5.74, 6) is 0.821. The molecule has 1 aliphatic carbocycles. The second-order valence-electron chi connectivity index (χ2n) is 4.67. The van der Waals surface area contributed by atoms with Gasteiger partial charge in [0.15, 0.2) is 0 Å². The van der Waals surface area contributed by atoms with Gasteiger partial charge in [-0.2, -0.15) is 0 Å². The van der Waals surface area contributed by atoms with Crippen LogP contribution in [0.1, 0.15) is 12.8 Å². The first-order chi connectivity index (χ1) is 8.84. The number of anilines is 2. The SMILES string of the molecule is Nc1c(NCCOCC2CC2)ccc2scnc12. The molecule has 0 saturated heterocycles. The third-order valence-corrected chi connectivity index (χ3v) is 3.95. The largest absolute Gasteiger partial charge is 0.395 e. The molecular formula is C13H17N3OS. The fourth-order valence-corrected chi connectivity index (χ4v) is 2.59. The predicted molar refractivity (Wildman–Crippen MR) is 76.1 cm³/mol. The minimum Gasteiger partial charge on any atom is -0.395 e. The summed E-state index contributed by atoms with van der Waals surface area (Å²) in [6.07, 6.45) is 2.67. The molecule has 1 saturated carbocycles. The third kappa shape index (κ3) is 2.57. The Labute approximate surface area is 110 Å². The molecule has 0 amide bonds. The van der Waals surface area contributed by atoms with E-state index in [1.807, 2.05) is 11.6 Å². The maximum atomic E-state index is 6.08. The minimum absolute atomic E-state index is 0.727. The van der Waals surface area contributed by atoms with Crippen molar-refractivity contribution in [2.75, 3.05) is 30.8 Å². The van der Waals surface area contributed by atoms with E-state index in [0.717, 1.165) is 47.3 Å². The summed E-state index contributed by atoms with van der Waals surface area (Å²) in [6.45, 7) is 2.42. The van der Waals surface area contributed by atoms with Gasteiger partial charge < -0.3 is 15.8 Å². The molecule has 1 aromatic carbocycles. The summed E-state index contributed by atoms with van der Waals surface area (Å²) in [5.41, 5.74) is 10.5. The van der Waals surface area contributed by atoms with Crippen molar-refractivity contribution in [2.24, 2.45) is 5.92 Å². The molecule has 1 aromatic heterocycles. The topological polar surface area (TPSA) is 60.2 Å². The number of hydrogen-bond acceptors (Lipinski definition) is 5. The predicted octanol–water partition coefficient (Wildman–Crippen LogP) is 2.72. The third-order valence-electron chi connectivity index (χ3n) is 3.15. The van der Waals surface area contributed by atoms with Crippen LogP contribution >= 0.6 is 11.3 Å². The zero-order valence-electron chi connectivity index (χ0n) is 10.2. The Hall–Kier alpha value is -1.33. The number of nitrogen functional groups attached to an aromatic ring is 1. The van der Waals surface area contributed by atoms with Crippen LogP contribution in [-0.4, -0.2) is 24.7 Å². The molecule has 96 valence electrons. The Morgan fingerprint density at radius 3 is 3.17 bits per heavy atom. The van der Waals surface area contributed by atoms with Gasteiger partial charge in [0.1, 0.15) is 5.52 Å². The number of fused-ring (bicyclic) bond motifs is 1. The molecule has 0 unspecified atom stereocenters. The van der Waals surface area contributed by atoms with E-state index in [9.17, 15) is 0 Å². The molecule has 18 heavy (non-hydrogen) atoms. The van der Waals surface area contributed by atoms with Crippen molar-refractivity contribution in [3.63, 3.8) is 0 Å². The van der Waals surface area contributed by atoms with Gasteiger partial charge in [0.05, 0.1) is 28.2 Å². The van der Waals surface area contributed by atoms with Crippen molar-refractivity contribution >= 4 is 32.9 Å². The van der Waals surface area contributed by atoms with E-state index in [1.54, 1.807) is 11.3 Å². The van der Waals surface area contributed by atoms with Gasteiger partial charge in [-0.15, -0.1) is 11.3 Å². The number of nitrogens with one attached hydrogen (secondary N) is 1. The van der Waals surface area contributed by atoms with Crippen LogP contribution in [0, 0.1) is 5.92 Å². The first-order valence-corrected chi connectivity index (χ1v) is 7.16. The number of nitrogens with zero attached hydrogens (tertiary/aromatic N) is 1. The number of hydrogen-bond donors (Lipinski definition) is 2. The van der Waals surface area contributed by atoms with Crippen molar-refractivity contribution in [1.82, 2.24) is 4.98 Å². The Morgan fingerprint density at radius 1 is 1.44 bits per heavy atom. The molecule has 0 radical (unpaired) electrons. The summed E-state index contributed by atoms with van der Waals surface area (Å²) in [6, 6.07) is 4.06. The Balaban J connectivity index is 1.54. The fourth-order valence-electron chi connectivity index (χ4n) is 1.90. The number of aromatic nitrogens is 1. The first-order valence-electron chi connectivity index (χ1n) is 6.28. The average molecular weight is 263 g/mol. The highest BCUT2D eigenvalue weighted by Gasteiger charge is 2.20. The van der Waals surface area contributed by atoms with Crippen LogP contribution in [-0.2, 0) is 4.74 Å². The lowest BCUT2D eigenvalue weighted by atomic mass is 10.2. The molecular weight excluding hydrogens is 246 g/mol. The number of thiazole rings is 1. The summed E-state index contributed by atoms with van der Waals surface area (Å²) < 4.78 is 6.70. The molecule has 1 fully saturated rings. The van der Waals surface area contributed by atoms with E-state index in [0.29, 0.717) is 0 Å². The Morgan fingerprint density at radius 2 is 2.33 bits per heavy atom. The van der Waals surface area contributed by atoms with Gasteiger partial charge in [-0.1, -0.05) is 0 Å². The summed E-state index contributed by atoms with van der Waals surface area (Å²) in [7, 11) is 0. The van der Waals surface area contributed by atoms with E-state index in [4.69, 9.17) is 10.5 Å². The molecule has 2 aromatic rings. The van der Waals surface area contributed by atoms with E-state index in [1.165, 1.54) is 12.8 Å². The number of rotatable bonds is 6. The molecule has 0 atom stereocenters. The van der Waals surface area contributed by atoms with Crippen molar-refractivity contribution in [1.29, 1.82) is 0 Å². The second-order valence-corrected chi connectivity index (χ2v) is 5.56. The minimum atomic E-state index is 0.727. The zero-order valence-corrected chi connectivity index (χ0v) is 11.0. The summed E-state index contributed by atoms with van der Waals surface area (Å²) in [4.78, 5) is 4.28. The molecule has 5 heteroatoms. The lowest BCUT2D eigenvalue weighted by Gasteiger charge is -2.09. The molecule has 1 aliphatic rings. The maximum absolute atomic E-state index is 6.08. The van der Waals surface area contributed by atoms with E-state index in [-0.39, 0.29) is 0 Å². The Bertz CT molecular complexity index is 536. The molecule has 4 nitrogen and oxygen atoms in total. The number of benzene rings is 1. The van der Waals surface area contributed by atoms with E-state index in [2.05, 4.69) is 16.4 Å². The standard InChI is InChI=1S/C13H17N3OS/c14-12-10(3-4-11-13(12)16-8-18-11)15-5-6-17-7-9-1-2-9/h3-4,8-9,15H,1-2,5-7,14H2. The van der Waals surface area contributed by atoms with Crippen LogP contribution in [0.15, 0.2) is 17.6 Å². The summed E-state index contributed by atoms with van der Waals surface area (Å²) >= 11 is 1.61. The molecule has 1 heterocycles. The van der Waals surface area contributed by atoms with Crippen molar-refractivity contribution < 1.29 is 4.74 Å². The van der Waals surface area contributed by atoms with Gasteiger partial charge in [0.2, 0.25) is 0 Å². The maximum Gasteiger partial charge on any atom is 0.106 e. The normalized spacial score (nSPS) is 15.1. The Kier molecular flexibility index (Phi) is 3.34. The van der Waals surface area contributed by atoms with Crippen LogP contribution in [0.2, 0.25) is 0 Å². The van der Waals surface area contributed by atoms with Crippen LogP contribution in [0.4, 0.5) is 11.4 Å². The van der Waals surface area contributed by atoms with Crippen LogP contribution in [0.3, 0.4) is 0 Å². The van der Waals surface area contributed by atoms with Crippen molar-refractivity contribution in [2.45, 2.75) is 12.8 Å². The highest BCUT2D eigenvalue weighted by molar-refractivity contribution is 7.16. The fraction of sp³-hybridized carbons (Fsp3) is 0.462. The first kappa shape index (κ1) is 11.7. The lowest BCUT2D eigenvalue weighted by Crippen LogP contribution is -2.11. The zero-order chi connectivity index (χ0) is 12.4. The lowest BCUT2D eigenvalue weighted by molar-refractivity contribution is 0.134. The highest BCUT2D eigenvalue weighted by atomic mass is 32.1. The van der Waals surface area contributed by atoms with Crippen LogP contribution in [0.5, 0.6) is 0 Å². The molecule has 0 spiro atoms. The summed E-state index contributed by atoms with van der Waals surface area (Å²) in [5, 5.41) is 3.30. The van der Waals surface area contributed by atoms with Gasteiger partial charge >= 0.3 is 0 Å². The molecule has 3 rings (SSSR count). The quantitative estimate of drug-likeness (QED) is 0.621. The van der Waals surface area contributed by atoms with Gasteiger partial charge in [0.25, 0.3) is 0 Å². The van der Waals surface area contributed by atoms with E-state index < -0.39 is 0 Å². The van der Waals surface area contributed by atoms with Gasteiger partial charge in [-0.05, 0) is 30.9 Å². The molecule has 3 N–H and O–H groups in total. The van der Waals surface area contributed by atoms with Crippen LogP contribution in [0.25, 0.3) is 10.2 Å². The number of nitrogens with two attached hydrogens (primary N) is 1. The number of ether oxygens (including phenoxy) is 1. The van der Waals surface area contributed by atoms with Gasteiger partial charge in [-0.3, -0.25) is 0 Å². The van der Waals surface area contributed by atoms with Gasteiger partial charge in [-0.25, -0.2) is 4.98 Å². The molecule has 0 bridgehead atoms. The van der Waals surface area contributed by atoms with Crippen LogP contribution < -0.4 is 11.1 Å². The van der Waals surface area contributed by atoms with Crippen molar-refractivity contribution in [3.8, 4) is 0 Å². The second kappa shape index (κ2) is 5.12. The van der Waals surface area contributed by atoms with Crippen molar-refractivity contribution in [3.05, 3.63) is 17.6 Å². The monoisotopic (exact) mass is 263 g/mol. The molecule has 0 aliphatic heterocycles. The average Bonchev–Trinajstić information content (AvgIpc) is 3.06.